The third-order valence-corrected chi connectivity index (χ3v) is 1.37. The second-order valence-corrected chi connectivity index (χ2v) is 2.23. The van der Waals surface area contributed by atoms with E-state index in [9.17, 15) is 0 Å². The molecule has 0 aliphatic carbocycles. The predicted octanol–water partition coefficient (Wildman–Crippen LogP) is 2.01. The van der Waals surface area contributed by atoms with E-state index in [0.29, 0.717) is 5.44 Å². The van der Waals surface area contributed by atoms with Crippen LogP contribution in [0.25, 0.3) is 0 Å². The highest BCUT2D eigenvalue weighted by molar-refractivity contribution is 8.01. The van der Waals surface area contributed by atoms with Gasteiger partial charge in [-0.15, -0.1) is 11.8 Å². The van der Waals surface area contributed by atoms with Gasteiger partial charge in [0.05, 0.1) is 0 Å². The Hall–Kier alpha value is 0.310. The lowest BCUT2D eigenvalue weighted by atomic mass is 10.4. The van der Waals surface area contributed by atoms with Gasteiger partial charge in [0.1, 0.15) is 5.44 Å². The summed E-state index contributed by atoms with van der Waals surface area (Å²) in [5, 5.41) is 8.74. The standard InChI is InChI=1S/C5H11OS/c1-3-4-5(6)7-2/h6H,3-4H2,1-2H3. The highest BCUT2D eigenvalue weighted by Gasteiger charge is 1.97. The Kier molecular flexibility index (Phi) is 4.67. The number of aliphatic hydroxyl groups is 1. The first-order chi connectivity index (χ1) is 3.31. The summed E-state index contributed by atoms with van der Waals surface area (Å²) < 4.78 is 0. The lowest BCUT2D eigenvalue weighted by Gasteiger charge is -1.99. The molecule has 0 amide bonds. The van der Waals surface area contributed by atoms with Crippen LogP contribution in [0.4, 0.5) is 0 Å². The monoisotopic (exact) mass is 119 g/mol. The predicted molar refractivity (Wildman–Crippen MR) is 33.6 cm³/mol. The van der Waals surface area contributed by atoms with Gasteiger partial charge in [0, 0.05) is 0 Å². The Morgan fingerprint density at radius 2 is 2.29 bits per heavy atom. The maximum atomic E-state index is 8.74. The second kappa shape index (κ2) is 4.47. The fourth-order valence-corrected chi connectivity index (χ4v) is 0.724. The molecular formula is C5H11OS. The molecule has 0 spiro atoms. The molecule has 7 heavy (non-hydrogen) atoms. The molecule has 0 aromatic carbocycles. The van der Waals surface area contributed by atoms with Gasteiger partial charge in [0.2, 0.25) is 0 Å². The molecule has 43 valence electrons. The Bertz CT molecular complexity index is 39.1. The Balaban J connectivity index is 2.83. The third kappa shape index (κ3) is 4.16. The van der Waals surface area contributed by atoms with Crippen molar-refractivity contribution in [2.24, 2.45) is 0 Å². The van der Waals surface area contributed by atoms with Crippen LogP contribution in [0.5, 0.6) is 0 Å². The number of rotatable bonds is 3. The van der Waals surface area contributed by atoms with Crippen molar-refractivity contribution in [3.05, 3.63) is 5.44 Å². The highest BCUT2D eigenvalue weighted by atomic mass is 32.2. The minimum Gasteiger partial charge on any atom is -0.376 e. The molecular weight excluding hydrogens is 108 g/mol. The Labute approximate surface area is 49.1 Å². The van der Waals surface area contributed by atoms with Crippen LogP contribution >= 0.6 is 11.8 Å². The number of hydrogen-bond donors (Lipinski definition) is 1. The van der Waals surface area contributed by atoms with E-state index < -0.39 is 0 Å². The summed E-state index contributed by atoms with van der Waals surface area (Å²) in [4.78, 5) is 0. The van der Waals surface area contributed by atoms with E-state index in [1.54, 1.807) is 0 Å². The molecule has 1 N–H and O–H groups in total. The molecule has 0 saturated carbocycles. The fraction of sp³-hybridized carbons (Fsp3) is 0.800. The summed E-state index contributed by atoms with van der Waals surface area (Å²) >= 11 is 1.42. The summed E-state index contributed by atoms with van der Waals surface area (Å²) in [6.45, 7) is 2.05. The maximum Gasteiger partial charge on any atom is 0.148 e. The zero-order valence-corrected chi connectivity index (χ0v) is 5.59. The second-order valence-electron chi connectivity index (χ2n) is 1.35. The lowest BCUT2D eigenvalue weighted by molar-refractivity contribution is 0.350. The van der Waals surface area contributed by atoms with Crippen molar-refractivity contribution in [2.75, 3.05) is 6.26 Å². The van der Waals surface area contributed by atoms with Gasteiger partial charge in [-0.3, -0.25) is 0 Å². The summed E-state index contributed by atoms with van der Waals surface area (Å²) in [7, 11) is 0. The highest BCUT2D eigenvalue weighted by Crippen LogP contribution is 2.16. The molecule has 0 aromatic rings. The van der Waals surface area contributed by atoms with Crippen LogP contribution in [-0.2, 0) is 0 Å². The zero-order valence-electron chi connectivity index (χ0n) is 4.77. The molecule has 1 nitrogen and oxygen atoms in total. The van der Waals surface area contributed by atoms with Gasteiger partial charge in [0.15, 0.2) is 0 Å². The first-order valence-corrected chi connectivity index (χ1v) is 3.62. The van der Waals surface area contributed by atoms with E-state index in [0.717, 1.165) is 12.8 Å². The molecule has 2 heteroatoms. The largest absolute Gasteiger partial charge is 0.376 e. The van der Waals surface area contributed by atoms with Gasteiger partial charge in [-0.05, 0) is 12.7 Å². The minimum atomic E-state index is 0.544. The SMILES string of the molecule is CCC[C](O)SC. The molecule has 0 saturated heterocycles. The number of aliphatic hydroxyl groups excluding tert-OH is 1. The molecule has 0 aromatic heterocycles. The molecule has 0 rings (SSSR count). The van der Waals surface area contributed by atoms with Crippen molar-refractivity contribution < 1.29 is 5.11 Å². The molecule has 0 atom stereocenters. The Morgan fingerprint density at radius 1 is 1.71 bits per heavy atom. The zero-order chi connectivity index (χ0) is 5.70. The molecule has 0 fully saturated rings. The quantitative estimate of drug-likeness (QED) is 0.613. The summed E-state index contributed by atoms with van der Waals surface area (Å²) in [5.74, 6) is 0. The fourth-order valence-electron chi connectivity index (χ4n) is 0.316. The van der Waals surface area contributed by atoms with Crippen LogP contribution in [0.15, 0.2) is 0 Å². The van der Waals surface area contributed by atoms with Crippen molar-refractivity contribution in [3.63, 3.8) is 0 Å². The average Bonchev–Trinajstić information content (AvgIpc) is 1.68. The summed E-state index contributed by atoms with van der Waals surface area (Å²) in [6, 6.07) is 0. The van der Waals surface area contributed by atoms with E-state index in [-0.39, 0.29) is 0 Å². The Morgan fingerprint density at radius 3 is 2.43 bits per heavy atom. The van der Waals surface area contributed by atoms with Crippen LogP contribution in [0.2, 0.25) is 0 Å². The summed E-state index contributed by atoms with van der Waals surface area (Å²) in [5.41, 5.74) is 0.544. The molecule has 0 heterocycles. The van der Waals surface area contributed by atoms with Gasteiger partial charge < -0.3 is 5.11 Å². The van der Waals surface area contributed by atoms with E-state index >= 15 is 0 Å². The topological polar surface area (TPSA) is 20.2 Å². The van der Waals surface area contributed by atoms with Gasteiger partial charge >= 0.3 is 0 Å². The van der Waals surface area contributed by atoms with E-state index in [4.69, 9.17) is 5.11 Å². The van der Waals surface area contributed by atoms with Crippen LogP contribution in [0.3, 0.4) is 0 Å². The van der Waals surface area contributed by atoms with E-state index in [1.165, 1.54) is 11.8 Å². The molecule has 0 unspecified atom stereocenters. The van der Waals surface area contributed by atoms with E-state index in [2.05, 4.69) is 0 Å². The molecule has 0 aliphatic rings. The lowest BCUT2D eigenvalue weighted by Crippen LogP contribution is -1.85. The van der Waals surface area contributed by atoms with Crippen LogP contribution in [0.1, 0.15) is 19.8 Å². The van der Waals surface area contributed by atoms with Gasteiger partial charge in [-0.25, -0.2) is 0 Å². The van der Waals surface area contributed by atoms with Crippen molar-refractivity contribution in [1.82, 2.24) is 0 Å². The first-order valence-electron chi connectivity index (χ1n) is 2.40. The van der Waals surface area contributed by atoms with Crippen LogP contribution < -0.4 is 0 Å². The minimum absolute atomic E-state index is 0.544. The number of thioether (sulfide) groups is 1. The summed E-state index contributed by atoms with van der Waals surface area (Å²) in [6.07, 6.45) is 3.75. The number of hydrogen-bond acceptors (Lipinski definition) is 2. The first kappa shape index (κ1) is 7.31. The smallest absolute Gasteiger partial charge is 0.148 e. The van der Waals surface area contributed by atoms with Crippen molar-refractivity contribution in [2.45, 2.75) is 19.8 Å². The maximum absolute atomic E-state index is 8.74. The van der Waals surface area contributed by atoms with Crippen molar-refractivity contribution in [3.8, 4) is 0 Å². The normalized spacial score (nSPS) is 10.3. The van der Waals surface area contributed by atoms with E-state index in [1.807, 2.05) is 13.2 Å². The van der Waals surface area contributed by atoms with Gasteiger partial charge in [0.25, 0.3) is 0 Å². The third-order valence-electron chi connectivity index (χ3n) is 0.699. The van der Waals surface area contributed by atoms with Crippen LogP contribution in [0, 0.1) is 5.44 Å². The van der Waals surface area contributed by atoms with Crippen molar-refractivity contribution >= 4 is 11.8 Å². The van der Waals surface area contributed by atoms with Gasteiger partial charge in [-0.1, -0.05) is 13.3 Å². The molecule has 0 aliphatic heterocycles. The van der Waals surface area contributed by atoms with Crippen LogP contribution in [-0.4, -0.2) is 11.4 Å². The molecule has 0 bridgehead atoms. The van der Waals surface area contributed by atoms with Crippen molar-refractivity contribution in [1.29, 1.82) is 0 Å². The van der Waals surface area contributed by atoms with Gasteiger partial charge in [-0.2, -0.15) is 0 Å². The average molecular weight is 119 g/mol. The molecule has 1 radical (unpaired) electrons.